The Morgan fingerprint density at radius 3 is 2.36 bits per heavy atom. The molecule has 0 unspecified atom stereocenters. The summed E-state index contributed by atoms with van der Waals surface area (Å²) in [5, 5.41) is 0. The summed E-state index contributed by atoms with van der Waals surface area (Å²) in [5.41, 5.74) is 1.25. The second-order valence-electron chi connectivity index (χ2n) is 8.26. The lowest BCUT2D eigenvalue weighted by atomic mass is 10.0. The minimum Gasteiger partial charge on any atom is -0.363 e. The van der Waals surface area contributed by atoms with Gasteiger partial charge in [-0.25, -0.2) is 9.97 Å². The van der Waals surface area contributed by atoms with E-state index in [9.17, 15) is 4.79 Å². The summed E-state index contributed by atoms with van der Waals surface area (Å²) in [6.07, 6.45) is 8.45. The molecule has 0 N–H and O–H groups in total. The van der Waals surface area contributed by atoms with Crippen LogP contribution in [0.3, 0.4) is 0 Å². The second-order valence-corrected chi connectivity index (χ2v) is 8.26. The quantitative estimate of drug-likeness (QED) is 0.760. The van der Waals surface area contributed by atoms with Crippen LogP contribution in [0.25, 0.3) is 0 Å². The van der Waals surface area contributed by atoms with Crippen molar-refractivity contribution in [3.05, 3.63) is 46.6 Å². The van der Waals surface area contributed by atoms with Gasteiger partial charge in [-0.2, -0.15) is 0 Å². The predicted octanol–water partition coefficient (Wildman–Crippen LogP) is 1.87. The van der Waals surface area contributed by atoms with Gasteiger partial charge in [-0.15, -0.1) is 0 Å². The molecule has 0 aromatic carbocycles. The highest BCUT2D eigenvalue weighted by molar-refractivity contribution is 5.51. The average molecular weight is 383 g/mol. The number of likely N-dealkylation sites (tertiary alicyclic amines) is 1. The van der Waals surface area contributed by atoms with Crippen LogP contribution in [0.15, 0.2) is 35.5 Å². The number of anilines is 2. The van der Waals surface area contributed by atoms with Crippen LogP contribution in [-0.2, 0) is 13.6 Å². The molecule has 1 aliphatic carbocycles. The van der Waals surface area contributed by atoms with E-state index in [4.69, 9.17) is 0 Å². The fourth-order valence-corrected chi connectivity index (χ4v) is 4.11. The fourth-order valence-electron chi connectivity index (χ4n) is 4.11. The van der Waals surface area contributed by atoms with Crippen molar-refractivity contribution >= 4 is 11.6 Å². The summed E-state index contributed by atoms with van der Waals surface area (Å²) in [5.74, 6) is 2.03. The number of hydrogen-bond acceptors (Lipinski definition) is 6. The third-order valence-corrected chi connectivity index (χ3v) is 5.80. The molecule has 2 aromatic heterocycles. The van der Waals surface area contributed by atoms with E-state index in [0.717, 1.165) is 44.1 Å². The molecular formula is C21H30N6O. The van der Waals surface area contributed by atoms with Crippen LogP contribution in [0, 0.1) is 0 Å². The Labute approximate surface area is 166 Å². The first kappa shape index (κ1) is 18.9. The van der Waals surface area contributed by atoms with E-state index in [1.165, 1.54) is 18.4 Å². The van der Waals surface area contributed by atoms with Crippen molar-refractivity contribution in [2.45, 2.75) is 44.3 Å². The van der Waals surface area contributed by atoms with E-state index in [1.807, 2.05) is 38.3 Å². The summed E-state index contributed by atoms with van der Waals surface area (Å²) in [4.78, 5) is 27.6. The zero-order chi connectivity index (χ0) is 19.7. The third kappa shape index (κ3) is 4.19. The van der Waals surface area contributed by atoms with Crippen LogP contribution in [0.2, 0.25) is 0 Å². The largest absolute Gasteiger partial charge is 0.363 e. The molecule has 7 nitrogen and oxygen atoms in total. The van der Waals surface area contributed by atoms with Crippen LogP contribution in [-0.4, -0.2) is 58.7 Å². The normalized spacial score (nSPS) is 18.2. The molecule has 150 valence electrons. The van der Waals surface area contributed by atoms with Gasteiger partial charge in [0.2, 0.25) is 5.56 Å². The van der Waals surface area contributed by atoms with Gasteiger partial charge in [-0.1, -0.05) is 6.07 Å². The van der Waals surface area contributed by atoms with Gasteiger partial charge in [0, 0.05) is 71.2 Å². The van der Waals surface area contributed by atoms with Gasteiger partial charge in [-0.05, 0) is 31.2 Å². The van der Waals surface area contributed by atoms with Crippen molar-refractivity contribution in [3.8, 4) is 0 Å². The molecule has 2 fully saturated rings. The first-order chi connectivity index (χ1) is 13.5. The first-order valence-electron chi connectivity index (χ1n) is 10.2. The van der Waals surface area contributed by atoms with Gasteiger partial charge in [0.05, 0.1) is 0 Å². The van der Waals surface area contributed by atoms with E-state index >= 15 is 0 Å². The summed E-state index contributed by atoms with van der Waals surface area (Å²) >= 11 is 0. The van der Waals surface area contributed by atoms with Gasteiger partial charge in [-0.3, -0.25) is 9.69 Å². The lowest BCUT2D eigenvalue weighted by Crippen LogP contribution is -2.46. The molecule has 0 spiro atoms. The van der Waals surface area contributed by atoms with Crippen LogP contribution in [0.4, 0.5) is 11.6 Å². The SMILES string of the molecule is CN(C)c1cc(N(C2CC2)C2CCN(Cc3ccc(=O)n(C)c3)CC2)ncn1. The molecule has 2 aromatic rings. The van der Waals surface area contributed by atoms with Gasteiger partial charge in [0.15, 0.2) is 0 Å². The van der Waals surface area contributed by atoms with Crippen molar-refractivity contribution in [1.82, 2.24) is 19.4 Å². The molecular weight excluding hydrogens is 352 g/mol. The molecule has 1 saturated carbocycles. The maximum Gasteiger partial charge on any atom is 0.250 e. The molecule has 7 heteroatoms. The molecule has 1 saturated heterocycles. The molecule has 0 amide bonds. The maximum absolute atomic E-state index is 11.6. The van der Waals surface area contributed by atoms with E-state index in [-0.39, 0.29) is 5.56 Å². The Balaban J connectivity index is 1.42. The summed E-state index contributed by atoms with van der Waals surface area (Å²) in [6, 6.07) is 6.90. The van der Waals surface area contributed by atoms with Crippen LogP contribution in [0.5, 0.6) is 0 Å². The van der Waals surface area contributed by atoms with Crippen LogP contribution >= 0.6 is 0 Å². The predicted molar refractivity (Wildman–Crippen MR) is 112 cm³/mol. The van der Waals surface area contributed by atoms with E-state index in [0.29, 0.717) is 12.1 Å². The number of rotatable bonds is 6. The highest BCUT2D eigenvalue weighted by Gasteiger charge is 2.36. The molecule has 28 heavy (non-hydrogen) atoms. The Morgan fingerprint density at radius 2 is 1.71 bits per heavy atom. The Hall–Kier alpha value is -2.41. The highest BCUT2D eigenvalue weighted by atomic mass is 16.1. The molecule has 4 rings (SSSR count). The zero-order valence-electron chi connectivity index (χ0n) is 17.1. The molecule has 2 aliphatic rings. The highest BCUT2D eigenvalue weighted by Crippen LogP contribution is 2.36. The number of hydrogen-bond donors (Lipinski definition) is 0. The number of aromatic nitrogens is 3. The standard InChI is InChI=1S/C21H30N6O/c1-24(2)19-12-20(23-15-22-19)27(17-5-6-17)18-8-10-26(11-9-18)14-16-4-7-21(28)25(3)13-16/h4,7,12-13,15,17-18H,5-6,8-11,14H2,1-3H3. The van der Waals surface area contributed by atoms with E-state index in [2.05, 4.69) is 25.8 Å². The number of piperidine rings is 1. The van der Waals surface area contributed by atoms with Crippen molar-refractivity contribution < 1.29 is 0 Å². The molecule has 1 aliphatic heterocycles. The lowest BCUT2D eigenvalue weighted by molar-refractivity contribution is 0.200. The second kappa shape index (κ2) is 7.91. The minimum absolute atomic E-state index is 0.0458. The number of pyridine rings is 1. The topological polar surface area (TPSA) is 57.5 Å². The summed E-state index contributed by atoms with van der Waals surface area (Å²) < 4.78 is 1.66. The smallest absolute Gasteiger partial charge is 0.250 e. The van der Waals surface area contributed by atoms with Gasteiger partial charge in [0.1, 0.15) is 18.0 Å². The van der Waals surface area contributed by atoms with Crippen LogP contribution in [0.1, 0.15) is 31.2 Å². The third-order valence-electron chi connectivity index (χ3n) is 5.80. The Kier molecular flexibility index (Phi) is 5.35. The van der Waals surface area contributed by atoms with Gasteiger partial charge in [0.25, 0.3) is 0 Å². The van der Waals surface area contributed by atoms with Crippen LogP contribution < -0.4 is 15.4 Å². The molecule has 0 bridgehead atoms. The maximum atomic E-state index is 11.6. The Morgan fingerprint density at radius 1 is 1.04 bits per heavy atom. The van der Waals surface area contributed by atoms with E-state index < -0.39 is 0 Å². The zero-order valence-corrected chi connectivity index (χ0v) is 17.1. The average Bonchev–Trinajstić information content (AvgIpc) is 3.52. The summed E-state index contributed by atoms with van der Waals surface area (Å²) in [7, 11) is 5.85. The van der Waals surface area contributed by atoms with Crippen molar-refractivity contribution in [2.75, 3.05) is 37.0 Å². The Bertz CT molecular complexity index is 867. The van der Waals surface area contributed by atoms with Crippen molar-refractivity contribution in [1.29, 1.82) is 0 Å². The molecule has 0 radical (unpaired) electrons. The number of nitrogens with zero attached hydrogens (tertiary/aromatic N) is 6. The van der Waals surface area contributed by atoms with Gasteiger partial charge >= 0.3 is 0 Å². The molecule has 3 heterocycles. The molecule has 0 atom stereocenters. The monoisotopic (exact) mass is 382 g/mol. The van der Waals surface area contributed by atoms with E-state index in [1.54, 1.807) is 17.0 Å². The van der Waals surface area contributed by atoms with Gasteiger partial charge < -0.3 is 14.4 Å². The summed E-state index contributed by atoms with van der Waals surface area (Å²) in [6.45, 7) is 3.05. The fraction of sp³-hybridized carbons (Fsp3) is 0.571. The lowest BCUT2D eigenvalue weighted by Gasteiger charge is -2.39. The first-order valence-corrected chi connectivity index (χ1v) is 10.2. The van der Waals surface area contributed by atoms with Crippen molar-refractivity contribution in [3.63, 3.8) is 0 Å². The minimum atomic E-state index is 0.0458. The van der Waals surface area contributed by atoms with Crippen molar-refractivity contribution in [2.24, 2.45) is 7.05 Å². The number of aryl methyl sites for hydroxylation is 1.